The molecule has 1 atom stereocenters. The Balaban J connectivity index is 2.14. The molecule has 0 bridgehead atoms. The van der Waals surface area contributed by atoms with Gasteiger partial charge in [0.1, 0.15) is 10.3 Å². The highest BCUT2D eigenvalue weighted by atomic mass is 35.5. The summed E-state index contributed by atoms with van der Waals surface area (Å²) in [6.07, 6.45) is 1.72. The molecule has 1 aromatic rings. The third kappa shape index (κ3) is 3.69. The summed E-state index contributed by atoms with van der Waals surface area (Å²) in [6, 6.07) is 3.08. The third-order valence-electron chi connectivity index (χ3n) is 3.40. The average Bonchev–Trinajstić information content (AvgIpc) is 2.37. The molecule has 1 N–H and O–H groups in total. The van der Waals surface area contributed by atoms with E-state index in [1.165, 1.54) is 12.1 Å². The van der Waals surface area contributed by atoms with Crippen LogP contribution in [0.1, 0.15) is 23.2 Å². The molecule has 1 aromatic heterocycles. The van der Waals surface area contributed by atoms with Crippen molar-refractivity contribution in [1.29, 1.82) is 0 Å². The van der Waals surface area contributed by atoms with Gasteiger partial charge in [-0.1, -0.05) is 23.2 Å². The fraction of sp³-hybridized carbons (Fsp3) is 0.500. The first kappa shape index (κ1) is 14.8. The molecule has 1 unspecified atom stereocenters. The zero-order chi connectivity index (χ0) is 14.0. The largest absolute Gasteiger partial charge is 0.437 e. The SMILES string of the molecule is CB(O)N1CCCC(C(=O)c2cc(Cl)nc(Cl)c2)C1. The first-order valence-corrected chi connectivity index (χ1v) is 7.02. The van der Waals surface area contributed by atoms with Gasteiger partial charge in [0.25, 0.3) is 0 Å². The molecule has 7 heteroatoms. The molecule has 2 rings (SSSR count). The van der Waals surface area contributed by atoms with E-state index >= 15 is 0 Å². The van der Waals surface area contributed by atoms with Gasteiger partial charge in [-0.2, -0.15) is 0 Å². The van der Waals surface area contributed by atoms with Crippen LogP contribution in [0.25, 0.3) is 0 Å². The first-order chi connectivity index (χ1) is 8.97. The molecule has 0 radical (unpaired) electrons. The number of carbonyl (C=O) groups excluding carboxylic acids is 1. The molecule has 0 aromatic carbocycles. The van der Waals surface area contributed by atoms with Gasteiger partial charge in [0.15, 0.2) is 5.78 Å². The van der Waals surface area contributed by atoms with Crippen molar-refractivity contribution in [2.45, 2.75) is 19.7 Å². The van der Waals surface area contributed by atoms with E-state index in [-0.39, 0.29) is 22.0 Å². The minimum atomic E-state index is -0.528. The van der Waals surface area contributed by atoms with Crippen LogP contribution in [-0.2, 0) is 0 Å². The summed E-state index contributed by atoms with van der Waals surface area (Å²) >= 11 is 11.6. The fourth-order valence-corrected chi connectivity index (χ4v) is 2.86. The molecule has 19 heavy (non-hydrogen) atoms. The Morgan fingerprint density at radius 3 is 2.68 bits per heavy atom. The standard InChI is InChI=1S/C12H15BCl2N2O2/c1-13(19)17-4-2-3-8(7-17)12(18)9-5-10(14)16-11(15)6-9/h5-6,8,19H,2-4,7H2,1H3. The van der Waals surface area contributed by atoms with Crippen LogP contribution >= 0.6 is 23.2 Å². The van der Waals surface area contributed by atoms with Crippen molar-refractivity contribution in [3.63, 3.8) is 0 Å². The zero-order valence-corrected chi connectivity index (χ0v) is 12.2. The molecular formula is C12H15BCl2N2O2. The summed E-state index contributed by atoms with van der Waals surface area (Å²) in [4.78, 5) is 18.2. The smallest absolute Gasteiger partial charge is 0.376 e. The number of carbonyl (C=O) groups is 1. The summed E-state index contributed by atoms with van der Waals surface area (Å²) in [6.45, 7) is 3.10. The predicted octanol–water partition coefficient (Wildman–Crippen LogP) is 2.39. The minimum Gasteiger partial charge on any atom is -0.437 e. The number of Topliss-reactive ketones (excluding diaryl/α,β-unsaturated/α-hetero) is 1. The highest BCUT2D eigenvalue weighted by Gasteiger charge is 2.29. The fourth-order valence-electron chi connectivity index (χ4n) is 2.40. The number of hydrogen-bond donors (Lipinski definition) is 1. The Kier molecular flexibility index (Phi) is 4.84. The molecule has 1 aliphatic rings. The van der Waals surface area contributed by atoms with Crippen LogP contribution < -0.4 is 0 Å². The Morgan fingerprint density at radius 1 is 1.47 bits per heavy atom. The molecule has 1 fully saturated rings. The van der Waals surface area contributed by atoms with Crippen molar-refractivity contribution in [2.24, 2.45) is 5.92 Å². The number of pyridine rings is 1. The van der Waals surface area contributed by atoms with Gasteiger partial charge >= 0.3 is 7.05 Å². The number of piperidine rings is 1. The molecule has 0 spiro atoms. The van der Waals surface area contributed by atoms with Gasteiger partial charge in [-0.25, -0.2) is 4.98 Å². The van der Waals surface area contributed by atoms with E-state index in [0.29, 0.717) is 12.1 Å². The molecule has 4 nitrogen and oxygen atoms in total. The Morgan fingerprint density at radius 2 is 2.11 bits per heavy atom. The molecule has 1 aliphatic heterocycles. The molecular weight excluding hydrogens is 286 g/mol. The van der Waals surface area contributed by atoms with Crippen molar-refractivity contribution in [1.82, 2.24) is 9.79 Å². The van der Waals surface area contributed by atoms with Crippen LogP contribution in [0.15, 0.2) is 12.1 Å². The number of rotatable bonds is 3. The van der Waals surface area contributed by atoms with Gasteiger partial charge < -0.3 is 9.83 Å². The van der Waals surface area contributed by atoms with E-state index in [4.69, 9.17) is 23.2 Å². The normalized spacial score (nSPS) is 20.3. The topological polar surface area (TPSA) is 53.4 Å². The number of halogens is 2. The van der Waals surface area contributed by atoms with Crippen molar-refractivity contribution >= 4 is 36.0 Å². The second-order valence-corrected chi connectivity index (χ2v) is 5.61. The summed E-state index contributed by atoms with van der Waals surface area (Å²) < 4.78 is 0. The number of nitrogens with zero attached hydrogens (tertiary/aromatic N) is 2. The summed E-state index contributed by atoms with van der Waals surface area (Å²) in [5, 5.41) is 10.0. The van der Waals surface area contributed by atoms with Gasteiger partial charge in [0, 0.05) is 11.5 Å². The van der Waals surface area contributed by atoms with Crippen LogP contribution in [0, 0.1) is 5.92 Å². The summed E-state index contributed by atoms with van der Waals surface area (Å²) in [7, 11) is -0.528. The molecule has 1 saturated heterocycles. The Bertz CT molecular complexity index is 465. The van der Waals surface area contributed by atoms with Crippen LogP contribution in [0.4, 0.5) is 0 Å². The third-order valence-corrected chi connectivity index (χ3v) is 3.79. The van der Waals surface area contributed by atoms with Gasteiger partial charge in [-0.05, 0) is 44.9 Å². The molecule has 0 saturated carbocycles. The highest BCUT2D eigenvalue weighted by molar-refractivity contribution is 6.45. The van der Waals surface area contributed by atoms with E-state index in [1.807, 2.05) is 4.81 Å². The number of aromatic nitrogens is 1. The number of ketones is 1. The predicted molar refractivity (Wildman–Crippen MR) is 76.7 cm³/mol. The van der Waals surface area contributed by atoms with Gasteiger partial charge in [-0.15, -0.1) is 0 Å². The van der Waals surface area contributed by atoms with E-state index in [9.17, 15) is 9.82 Å². The second kappa shape index (κ2) is 6.22. The maximum absolute atomic E-state index is 12.4. The Hall–Kier alpha value is -0.615. The molecule has 102 valence electrons. The van der Waals surface area contributed by atoms with Gasteiger partial charge in [0.2, 0.25) is 0 Å². The molecule has 0 amide bonds. The second-order valence-electron chi connectivity index (χ2n) is 4.83. The average molecular weight is 301 g/mol. The zero-order valence-electron chi connectivity index (χ0n) is 10.6. The van der Waals surface area contributed by atoms with E-state index in [2.05, 4.69) is 4.98 Å². The number of hydrogen-bond acceptors (Lipinski definition) is 4. The van der Waals surface area contributed by atoms with Crippen molar-refractivity contribution in [2.75, 3.05) is 13.1 Å². The van der Waals surface area contributed by atoms with Gasteiger partial charge in [0.05, 0.1) is 0 Å². The molecule has 2 heterocycles. The van der Waals surface area contributed by atoms with Gasteiger partial charge in [-0.3, -0.25) is 4.79 Å². The summed E-state index contributed by atoms with van der Waals surface area (Å²) in [5.41, 5.74) is 0.488. The van der Waals surface area contributed by atoms with Crippen LogP contribution in [0.3, 0.4) is 0 Å². The van der Waals surface area contributed by atoms with Crippen molar-refractivity contribution in [3.8, 4) is 0 Å². The van der Waals surface area contributed by atoms with E-state index < -0.39 is 7.05 Å². The quantitative estimate of drug-likeness (QED) is 0.529. The van der Waals surface area contributed by atoms with Crippen LogP contribution in [-0.4, -0.2) is 40.7 Å². The van der Waals surface area contributed by atoms with Crippen LogP contribution in [0.2, 0.25) is 17.1 Å². The lowest BCUT2D eigenvalue weighted by molar-refractivity contribution is 0.0864. The van der Waals surface area contributed by atoms with E-state index in [1.54, 1.807) is 6.82 Å². The first-order valence-electron chi connectivity index (χ1n) is 6.27. The Labute approximate surface area is 122 Å². The minimum absolute atomic E-state index is 0.0107. The van der Waals surface area contributed by atoms with E-state index in [0.717, 1.165) is 19.4 Å². The van der Waals surface area contributed by atoms with Crippen LogP contribution in [0.5, 0.6) is 0 Å². The lowest BCUT2D eigenvalue weighted by Gasteiger charge is -2.32. The maximum atomic E-state index is 12.4. The molecule has 0 aliphatic carbocycles. The van der Waals surface area contributed by atoms with Crippen molar-refractivity contribution in [3.05, 3.63) is 28.0 Å². The highest BCUT2D eigenvalue weighted by Crippen LogP contribution is 2.23. The summed E-state index contributed by atoms with van der Waals surface area (Å²) in [5.74, 6) is -0.116. The lowest BCUT2D eigenvalue weighted by atomic mass is 9.79. The monoisotopic (exact) mass is 300 g/mol. The maximum Gasteiger partial charge on any atom is 0.376 e. The van der Waals surface area contributed by atoms with Crippen molar-refractivity contribution < 1.29 is 9.82 Å². The lowest BCUT2D eigenvalue weighted by Crippen LogP contribution is -2.46.